The SMILES string of the molecule is O=C(Nc1nccs1)c1cccn(OCc2ccc(Cl)cc2Cl)c1=O. The smallest absolute Gasteiger partial charge is 0.295 e. The van der Waals surface area contributed by atoms with Crippen molar-refractivity contribution in [1.29, 1.82) is 0 Å². The van der Waals surface area contributed by atoms with Crippen LogP contribution in [0.4, 0.5) is 5.13 Å². The Labute approximate surface area is 156 Å². The lowest BCUT2D eigenvalue weighted by atomic mass is 10.2. The summed E-state index contributed by atoms with van der Waals surface area (Å²) in [5.74, 6) is -0.553. The monoisotopic (exact) mass is 395 g/mol. The van der Waals surface area contributed by atoms with Crippen molar-refractivity contribution in [1.82, 2.24) is 9.71 Å². The maximum atomic E-state index is 12.4. The van der Waals surface area contributed by atoms with Crippen LogP contribution in [-0.2, 0) is 6.61 Å². The van der Waals surface area contributed by atoms with Gasteiger partial charge in [-0.15, -0.1) is 11.3 Å². The van der Waals surface area contributed by atoms with E-state index in [9.17, 15) is 9.59 Å². The van der Waals surface area contributed by atoms with Crippen LogP contribution in [0.15, 0.2) is 52.9 Å². The van der Waals surface area contributed by atoms with Crippen LogP contribution in [0, 0.1) is 0 Å². The van der Waals surface area contributed by atoms with Gasteiger partial charge in [0, 0.05) is 33.4 Å². The first-order chi connectivity index (χ1) is 12.0. The van der Waals surface area contributed by atoms with Crippen molar-refractivity contribution >= 4 is 45.6 Å². The molecule has 1 amide bonds. The van der Waals surface area contributed by atoms with E-state index in [0.717, 1.165) is 4.73 Å². The molecule has 0 saturated heterocycles. The summed E-state index contributed by atoms with van der Waals surface area (Å²) >= 11 is 13.2. The van der Waals surface area contributed by atoms with E-state index in [4.69, 9.17) is 28.0 Å². The summed E-state index contributed by atoms with van der Waals surface area (Å²) in [5, 5.41) is 5.63. The van der Waals surface area contributed by atoms with Gasteiger partial charge in [-0.3, -0.25) is 14.9 Å². The van der Waals surface area contributed by atoms with Crippen LogP contribution < -0.4 is 15.7 Å². The molecule has 1 N–H and O–H groups in total. The summed E-state index contributed by atoms with van der Waals surface area (Å²) in [4.78, 5) is 34.0. The minimum absolute atomic E-state index is 0.0491. The number of rotatable bonds is 5. The predicted octanol–water partition coefficient (Wildman–Crippen LogP) is 3.49. The Morgan fingerprint density at radius 3 is 2.88 bits per heavy atom. The average Bonchev–Trinajstić information content (AvgIpc) is 3.08. The van der Waals surface area contributed by atoms with E-state index in [-0.39, 0.29) is 12.2 Å². The topological polar surface area (TPSA) is 73.2 Å². The van der Waals surface area contributed by atoms with Crippen LogP contribution in [0.1, 0.15) is 15.9 Å². The van der Waals surface area contributed by atoms with Crippen molar-refractivity contribution in [3.05, 3.63) is 79.6 Å². The summed E-state index contributed by atoms with van der Waals surface area (Å²) in [6.07, 6.45) is 2.98. The molecule has 1 aromatic carbocycles. The van der Waals surface area contributed by atoms with Gasteiger partial charge in [0.1, 0.15) is 12.2 Å². The molecule has 0 fully saturated rings. The Kier molecular flexibility index (Phi) is 5.37. The third-order valence-electron chi connectivity index (χ3n) is 3.19. The Balaban J connectivity index is 1.76. The number of nitrogens with zero attached hydrogens (tertiary/aromatic N) is 2. The van der Waals surface area contributed by atoms with Crippen LogP contribution in [0.3, 0.4) is 0 Å². The average molecular weight is 396 g/mol. The molecule has 2 aromatic heterocycles. The molecule has 0 saturated carbocycles. The van der Waals surface area contributed by atoms with Crippen molar-refractivity contribution in [3.8, 4) is 0 Å². The Bertz CT molecular complexity index is 958. The minimum atomic E-state index is -0.582. The quantitative estimate of drug-likeness (QED) is 0.717. The van der Waals surface area contributed by atoms with Crippen molar-refractivity contribution in [2.75, 3.05) is 5.32 Å². The first kappa shape index (κ1) is 17.5. The van der Waals surface area contributed by atoms with E-state index in [1.165, 1.54) is 23.6 Å². The number of anilines is 1. The van der Waals surface area contributed by atoms with E-state index in [0.29, 0.717) is 20.7 Å². The van der Waals surface area contributed by atoms with Gasteiger partial charge in [0.15, 0.2) is 5.13 Å². The van der Waals surface area contributed by atoms with Gasteiger partial charge in [-0.2, -0.15) is 4.73 Å². The van der Waals surface area contributed by atoms with Gasteiger partial charge >= 0.3 is 0 Å². The lowest BCUT2D eigenvalue weighted by Crippen LogP contribution is -2.32. The number of carbonyl (C=O) groups is 1. The fraction of sp³-hybridized carbons (Fsp3) is 0.0625. The molecule has 0 aliphatic heterocycles. The van der Waals surface area contributed by atoms with Crippen molar-refractivity contribution in [2.45, 2.75) is 6.61 Å². The summed E-state index contributed by atoms with van der Waals surface area (Å²) < 4.78 is 0.988. The van der Waals surface area contributed by atoms with Gasteiger partial charge < -0.3 is 4.84 Å². The third-order valence-corrected chi connectivity index (χ3v) is 4.46. The number of hydrogen-bond donors (Lipinski definition) is 1. The number of hydrogen-bond acceptors (Lipinski definition) is 5. The predicted molar refractivity (Wildman–Crippen MR) is 97.5 cm³/mol. The van der Waals surface area contributed by atoms with Crippen LogP contribution in [0.2, 0.25) is 10.0 Å². The van der Waals surface area contributed by atoms with Gasteiger partial charge in [-0.25, -0.2) is 4.98 Å². The minimum Gasteiger partial charge on any atom is -0.406 e. The van der Waals surface area contributed by atoms with Gasteiger partial charge in [0.25, 0.3) is 11.5 Å². The van der Waals surface area contributed by atoms with E-state index < -0.39 is 11.5 Å². The molecule has 0 spiro atoms. The second kappa shape index (κ2) is 7.69. The van der Waals surface area contributed by atoms with Crippen LogP contribution in [-0.4, -0.2) is 15.6 Å². The molecule has 6 nitrogen and oxygen atoms in total. The fourth-order valence-corrected chi connectivity index (χ4v) is 2.96. The first-order valence-electron chi connectivity index (χ1n) is 7.04. The highest BCUT2D eigenvalue weighted by molar-refractivity contribution is 7.13. The molecule has 0 atom stereocenters. The second-order valence-corrected chi connectivity index (χ2v) is 6.59. The fourth-order valence-electron chi connectivity index (χ4n) is 1.98. The first-order valence-corrected chi connectivity index (χ1v) is 8.68. The molecule has 0 aliphatic carbocycles. The second-order valence-electron chi connectivity index (χ2n) is 4.85. The number of pyridine rings is 1. The van der Waals surface area contributed by atoms with Gasteiger partial charge in [0.05, 0.1) is 0 Å². The summed E-state index contributed by atoms with van der Waals surface area (Å²) in [6.45, 7) is 0.0491. The van der Waals surface area contributed by atoms with Gasteiger partial charge in [0.2, 0.25) is 0 Å². The van der Waals surface area contributed by atoms with Crippen LogP contribution in [0.25, 0.3) is 0 Å². The molecule has 0 unspecified atom stereocenters. The number of benzene rings is 1. The maximum absolute atomic E-state index is 12.4. The zero-order valence-electron chi connectivity index (χ0n) is 12.6. The lowest BCUT2D eigenvalue weighted by Gasteiger charge is -2.10. The molecule has 25 heavy (non-hydrogen) atoms. The number of halogens is 2. The standard InChI is InChI=1S/C16H11Cl2N3O3S/c17-11-4-3-10(13(18)8-11)9-24-21-6-1-2-12(15(21)23)14(22)20-16-19-5-7-25-16/h1-8H,9H2,(H,19,20,22). The molecule has 3 aromatic rings. The number of amides is 1. The molecule has 2 heterocycles. The van der Waals surface area contributed by atoms with E-state index in [2.05, 4.69) is 10.3 Å². The largest absolute Gasteiger partial charge is 0.406 e. The maximum Gasteiger partial charge on any atom is 0.295 e. The molecule has 3 rings (SSSR count). The highest BCUT2D eigenvalue weighted by atomic mass is 35.5. The van der Waals surface area contributed by atoms with Crippen molar-refractivity contribution in [3.63, 3.8) is 0 Å². The van der Waals surface area contributed by atoms with Crippen molar-refractivity contribution < 1.29 is 9.63 Å². The molecule has 0 bridgehead atoms. The zero-order valence-corrected chi connectivity index (χ0v) is 14.9. The third kappa shape index (κ3) is 4.19. The van der Waals surface area contributed by atoms with Gasteiger partial charge in [-0.05, 0) is 24.3 Å². The molecular formula is C16H11Cl2N3O3S. The van der Waals surface area contributed by atoms with E-state index in [1.54, 1.807) is 35.8 Å². The molecule has 0 radical (unpaired) electrons. The van der Waals surface area contributed by atoms with Gasteiger partial charge in [-0.1, -0.05) is 29.3 Å². The molecule has 0 aliphatic rings. The van der Waals surface area contributed by atoms with Crippen LogP contribution in [0.5, 0.6) is 0 Å². The summed E-state index contributed by atoms with van der Waals surface area (Å²) in [6, 6.07) is 7.92. The Hall–Kier alpha value is -2.35. The molecule has 9 heteroatoms. The summed E-state index contributed by atoms with van der Waals surface area (Å²) in [7, 11) is 0. The normalized spacial score (nSPS) is 10.5. The lowest BCUT2D eigenvalue weighted by molar-refractivity contribution is 0.0864. The summed E-state index contributed by atoms with van der Waals surface area (Å²) in [5.41, 5.74) is 0.0251. The van der Waals surface area contributed by atoms with E-state index in [1.807, 2.05) is 0 Å². The number of nitrogens with one attached hydrogen (secondary N) is 1. The molecule has 128 valence electrons. The highest BCUT2D eigenvalue weighted by Gasteiger charge is 2.14. The number of thiazole rings is 1. The number of aromatic nitrogens is 2. The molecular weight excluding hydrogens is 385 g/mol. The number of carbonyl (C=O) groups excluding carboxylic acids is 1. The Morgan fingerprint density at radius 1 is 1.32 bits per heavy atom. The zero-order chi connectivity index (χ0) is 17.8. The van der Waals surface area contributed by atoms with E-state index >= 15 is 0 Å². The highest BCUT2D eigenvalue weighted by Crippen LogP contribution is 2.21. The van der Waals surface area contributed by atoms with Crippen molar-refractivity contribution in [2.24, 2.45) is 0 Å². The van der Waals surface area contributed by atoms with Crippen LogP contribution >= 0.6 is 34.5 Å². The Morgan fingerprint density at radius 2 is 2.16 bits per heavy atom.